The molecular formula is C16H22N2OS. The first-order valence-corrected chi connectivity index (χ1v) is 7.60. The highest BCUT2D eigenvalue weighted by atomic mass is 32.1. The van der Waals surface area contributed by atoms with Crippen molar-refractivity contribution < 1.29 is 4.79 Å². The van der Waals surface area contributed by atoms with Gasteiger partial charge in [0.2, 0.25) is 0 Å². The van der Waals surface area contributed by atoms with Crippen LogP contribution in [0.3, 0.4) is 0 Å². The molecule has 2 atom stereocenters. The van der Waals surface area contributed by atoms with E-state index in [0.717, 1.165) is 16.4 Å². The van der Waals surface area contributed by atoms with Gasteiger partial charge in [0.1, 0.15) is 0 Å². The van der Waals surface area contributed by atoms with Crippen molar-refractivity contribution in [2.75, 3.05) is 5.32 Å². The molecule has 0 saturated carbocycles. The van der Waals surface area contributed by atoms with Gasteiger partial charge >= 0.3 is 0 Å². The van der Waals surface area contributed by atoms with Crippen LogP contribution in [0.1, 0.15) is 50.4 Å². The lowest BCUT2D eigenvalue weighted by Gasteiger charge is -2.40. The van der Waals surface area contributed by atoms with Crippen molar-refractivity contribution in [3.63, 3.8) is 0 Å². The first kappa shape index (κ1) is 15.0. The van der Waals surface area contributed by atoms with Crippen molar-refractivity contribution in [2.24, 2.45) is 0 Å². The average Bonchev–Trinajstić information content (AvgIpc) is 2.39. The summed E-state index contributed by atoms with van der Waals surface area (Å²) in [4.78, 5) is 13.5. The molecule has 1 fully saturated rings. The summed E-state index contributed by atoms with van der Waals surface area (Å²) in [6.45, 7) is 6.02. The molecule has 0 unspecified atom stereocenters. The van der Waals surface area contributed by atoms with Gasteiger partial charge in [0, 0.05) is 23.3 Å². The molecule has 2 rings (SSSR count). The predicted molar refractivity (Wildman–Crippen MR) is 87.3 cm³/mol. The zero-order chi connectivity index (χ0) is 14.7. The SMILES string of the molecule is CC(=O)c1ccc(NC(=S)N2[C@@H](C)CCC[C@@H]2C)cc1. The summed E-state index contributed by atoms with van der Waals surface area (Å²) < 4.78 is 0. The molecule has 1 aliphatic rings. The van der Waals surface area contributed by atoms with Crippen molar-refractivity contribution in [1.82, 2.24) is 4.90 Å². The van der Waals surface area contributed by atoms with Crippen molar-refractivity contribution in [2.45, 2.75) is 52.1 Å². The van der Waals surface area contributed by atoms with E-state index >= 15 is 0 Å². The number of nitrogens with zero attached hydrogens (tertiary/aromatic N) is 1. The van der Waals surface area contributed by atoms with Gasteiger partial charge in [0.15, 0.2) is 10.9 Å². The van der Waals surface area contributed by atoms with Crippen LogP contribution in [0.2, 0.25) is 0 Å². The Morgan fingerprint density at radius 1 is 1.20 bits per heavy atom. The van der Waals surface area contributed by atoms with Gasteiger partial charge in [-0.2, -0.15) is 0 Å². The number of anilines is 1. The zero-order valence-electron chi connectivity index (χ0n) is 12.3. The molecule has 1 aliphatic heterocycles. The second-order valence-corrected chi connectivity index (χ2v) is 5.99. The molecular weight excluding hydrogens is 268 g/mol. The Hall–Kier alpha value is -1.42. The fraction of sp³-hybridized carbons (Fsp3) is 0.500. The summed E-state index contributed by atoms with van der Waals surface area (Å²) in [6, 6.07) is 8.43. The summed E-state index contributed by atoms with van der Waals surface area (Å²) in [6.07, 6.45) is 3.65. The monoisotopic (exact) mass is 290 g/mol. The van der Waals surface area contributed by atoms with Crippen LogP contribution in [0, 0.1) is 0 Å². The number of carbonyl (C=O) groups excluding carboxylic acids is 1. The highest BCUT2D eigenvalue weighted by Crippen LogP contribution is 2.23. The summed E-state index contributed by atoms with van der Waals surface area (Å²) >= 11 is 5.54. The van der Waals surface area contributed by atoms with Crippen LogP contribution in [0.15, 0.2) is 24.3 Å². The van der Waals surface area contributed by atoms with Crippen molar-refractivity contribution in [3.8, 4) is 0 Å². The first-order valence-electron chi connectivity index (χ1n) is 7.19. The van der Waals surface area contributed by atoms with Gasteiger partial charge in [-0.1, -0.05) is 0 Å². The summed E-state index contributed by atoms with van der Waals surface area (Å²) in [5.74, 6) is 0.0809. The topological polar surface area (TPSA) is 32.3 Å². The molecule has 108 valence electrons. The summed E-state index contributed by atoms with van der Waals surface area (Å²) in [5.41, 5.74) is 1.66. The Bertz CT molecular complexity index is 488. The number of thiocarbonyl (C=S) groups is 1. The van der Waals surface area contributed by atoms with Gasteiger partial charge in [-0.05, 0) is 76.5 Å². The highest BCUT2D eigenvalue weighted by Gasteiger charge is 2.26. The highest BCUT2D eigenvalue weighted by molar-refractivity contribution is 7.80. The molecule has 0 amide bonds. The maximum absolute atomic E-state index is 11.3. The molecule has 1 saturated heterocycles. The van der Waals surface area contributed by atoms with Gasteiger partial charge in [0.05, 0.1) is 0 Å². The number of hydrogen-bond acceptors (Lipinski definition) is 2. The van der Waals surface area contributed by atoms with E-state index in [1.165, 1.54) is 19.3 Å². The molecule has 20 heavy (non-hydrogen) atoms. The van der Waals surface area contributed by atoms with Crippen LogP contribution in [0.4, 0.5) is 5.69 Å². The standard InChI is InChI=1S/C16H22N2OS/c1-11-5-4-6-12(2)18(11)16(20)17-15-9-7-14(8-10-15)13(3)19/h7-12H,4-6H2,1-3H3,(H,17,20)/t11-,12-/m0/s1. The van der Waals surface area contributed by atoms with Crippen molar-refractivity contribution in [1.29, 1.82) is 0 Å². The van der Waals surface area contributed by atoms with Gasteiger partial charge in [0.25, 0.3) is 0 Å². The average molecular weight is 290 g/mol. The molecule has 1 aromatic carbocycles. The van der Waals surface area contributed by atoms with Crippen molar-refractivity contribution in [3.05, 3.63) is 29.8 Å². The van der Waals surface area contributed by atoms with Crippen LogP contribution in [0.25, 0.3) is 0 Å². The maximum atomic E-state index is 11.3. The number of rotatable bonds is 2. The molecule has 1 aromatic rings. The van der Waals surface area contributed by atoms with E-state index in [1.807, 2.05) is 24.3 Å². The van der Waals surface area contributed by atoms with Gasteiger partial charge < -0.3 is 10.2 Å². The number of likely N-dealkylation sites (tertiary alicyclic amines) is 1. The number of piperidine rings is 1. The van der Waals surface area contributed by atoms with Crippen LogP contribution in [0.5, 0.6) is 0 Å². The van der Waals surface area contributed by atoms with E-state index in [4.69, 9.17) is 12.2 Å². The lowest BCUT2D eigenvalue weighted by molar-refractivity contribution is 0.101. The van der Waals surface area contributed by atoms with Crippen LogP contribution >= 0.6 is 12.2 Å². The first-order chi connectivity index (χ1) is 9.49. The molecule has 0 aromatic heterocycles. The smallest absolute Gasteiger partial charge is 0.173 e. The van der Waals surface area contributed by atoms with E-state index in [9.17, 15) is 4.79 Å². The van der Waals surface area contributed by atoms with Gasteiger partial charge in [-0.15, -0.1) is 0 Å². The number of nitrogens with one attached hydrogen (secondary N) is 1. The lowest BCUT2D eigenvalue weighted by atomic mass is 9.98. The predicted octanol–water partition coefficient (Wildman–Crippen LogP) is 3.85. The van der Waals surface area contributed by atoms with Crippen molar-refractivity contribution >= 4 is 28.8 Å². The fourth-order valence-corrected chi connectivity index (χ4v) is 3.28. The zero-order valence-corrected chi connectivity index (χ0v) is 13.2. The van der Waals surface area contributed by atoms with E-state index in [2.05, 4.69) is 24.1 Å². The molecule has 1 N–H and O–H groups in total. The second-order valence-electron chi connectivity index (χ2n) is 5.60. The summed E-state index contributed by atoms with van der Waals surface area (Å²) in [5, 5.41) is 4.06. The minimum atomic E-state index is 0.0809. The van der Waals surface area contributed by atoms with E-state index in [0.29, 0.717) is 12.1 Å². The normalized spacial score (nSPS) is 22.4. The van der Waals surface area contributed by atoms with Gasteiger partial charge in [-0.25, -0.2) is 0 Å². The van der Waals surface area contributed by atoms with E-state index < -0.39 is 0 Å². The van der Waals surface area contributed by atoms with E-state index in [1.54, 1.807) is 6.92 Å². The Labute approximate surface area is 126 Å². The third kappa shape index (κ3) is 3.37. The van der Waals surface area contributed by atoms with Gasteiger partial charge in [-0.3, -0.25) is 4.79 Å². The van der Waals surface area contributed by atoms with Crippen LogP contribution in [-0.4, -0.2) is 27.9 Å². The minimum Gasteiger partial charge on any atom is -0.344 e. The molecule has 3 nitrogen and oxygen atoms in total. The molecule has 0 radical (unpaired) electrons. The largest absolute Gasteiger partial charge is 0.344 e. The van der Waals surface area contributed by atoms with Crippen LogP contribution < -0.4 is 5.32 Å². The number of carbonyl (C=O) groups is 1. The quantitative estimate of drug-likeness (QED) is 0.662. The summed E-state index contributed by atoms with van der Waals surface area (Å²) in [7, 11) is 0. The molecule has 0 aliphatic carbocycles. The minimum absolute atomic E-state index is 0.0809. The number of ketones is 1. The fourth-order valence-electron chi connectivity index (χ4n) is 2.80. The molecule has 1 heterocycles. The van der Waals surface area contributed by atoms with Crippen LogP contribution in [-0.2, 0) is 0 Å². The maximum Gasteiger partial charge on any atom is 0.173 e. The third-order valence-corrected chi connectivity index (χ3v) is 4.28. The number of Topliss-reactive ketones (excluding diaryl/α,β-unsaturated/α-hetero) is 1. The Morgan fingerprint density at radius 2 is 1.75 bits per heavy atom. The molecule has 0 bridgehead atoms. The Morgan fingerprint density at radius 3 is 2.25 bits per heavy atom. The number of hydrogen-bond donors (Lipinski definition) is 1. The Kier molecular flexibility index (Phi) is 4.76. The molecule has 4 heteroatoms. The Balaban J connectivity index is 2.05. The second kappa shape index (κ2) is 6.35. The third-order valence-electron chi connectivity index (χ3n) is 3.97. The van der Waals surface area contributed by atoms with E-state index in [-0.39, 0.29) is 5.78 Å². The lowest BCUT2D eigenvalue weighted by Crippen LogP contribution is -2.49. The number of benzene rings is 1. The molecule has 0 spiro atoms.